The first-order chi connectivity index (χ1) is 8.31. The molecule has 4 nitrogen and oxygen atoms in total. The molecule has 0 unspecified atom stereocenters. The minimum atomic E-state index is -4.20. The van der Waals surface area contributed by atoms with Gasteiger partial charge >= 0.3 is 6.61 Å². The van der Waals surface area contributed by atoms with E-state index in [9.17, 15) is 17.2 Å². The Balaban J connectivity index is 3.59. The Hall–Kier alpha value is -1.39. The van der Waals surface area contributed by atoms with Crippen molar-refractivity contribution in [2.45, 2.75) is 24.9 Å². The summed E-state index contributed by atoms with van der Waals surface area (Å²) in [7, 11) is 0.921. The number of hydrogen-bond donors (Lipinski definition) is 0. The van der Waals surface area contributed by atoms with Gasteiger partial charge in [0.2, 0.25) is 0 Å². The summed E-state index contributed by atoms with van der Waals surface area (Å²) in [6.45, 7) is -1.50. The highest BCUT2D eigenvalue weighted by atomic mass is 35.7. The van der Waals surface area contributed by atoms with E-state index in [2.05, 4.69) is 4.74 Å². The number of aryl methyl sites for hydroxylation is 1. The average Bonchev–Trinajstić information content (AvgIpc) is 2.26. The molecule has 0 N–H and O–H groups in total. The summed E-state index contributed by atoms with van der Waals surface area (Å²) in [4.78, 5) is -0.542. The lowest BCUT2D eigenvalue weighted by atomic mass is 10.1. The van der Waals surface area contributed by atoms with E-state index in [0.29, 0.717) is 12.0 Å². The first-order valence-electron chi connectivity index (χ1n) is 4.76. The minimum Gasteiger partial charge on any atom is -0.433 e. The standard InChI is InChI=1S/C10H8ClF2NO3S/c1-2-6-3-4-8(18(11,15)16)7(5-14)9(6)17-10(12)13/h3-4,10H,2H2,1H3. The third kappa shape index (κ3) is 3.09. The van der Waals surface area contributed by atoms with E-state index < -0.39 is 31.9 Å². The molecule has 0 spiro atoms. The fraction of sp³-hybridized carbons (Fsp3) is 0.300. The van der Waals surface area contributed by atoms with Gasteiger partial charge < -0.3 is 4.74 Å². The molecule has 8 heteroatoms. The molecule has 0 saturated carbocycles. The zero-order chi connectivity index (χ0) is 13.9. The van der Waals surface area contributed by atoms with E-state index in [-0.39, 0.29) is 0 Å². The van der Waals surface area contributed by atoms with Gasteiger partial charge in [-0.15, -0.1) is 0 Å². The molecule has 18 heavy (non-hydrogen) atoms. The predicted molar refractivity (Wildman–Crippen MR) is 60.2 cm³/mol. The highest BCUT2D eigenvalue weighted by molar-refractivity contribution is 8.13. The number of rotatable bonds is 4. The summed E-state index contributed by atoms with van der Waals surface area (Å²) in [5.41, 5.74) is -0.208. The van der Waals surface area contributed by atoms with Crippen LogP contribution in [0.3, 0.4) is 0 Å². The third-order valence-corrected chi connectivity index (χ3v) is 3.53. The van der Waals surface area contributed by atoms with Gasteiger partial charge in [-0.2, -0.15) is 14.0 Å². The lowest BCUT2D eigenvalue weighted by Crippen LogP contribution is -2.08. The van der Waals surface area contributed by atoms with Crippen LogP contribution in [-0.4, -0.2) is 15.0 Å². The molecule has 1 rings (SSSR count). The van der Waals surface area contributed by atoms with Gasteiger partial charge in [-0.1, -0.05) is 13.0 Å². The Morgan fingerprint density at radius 1 is 1.50 bits per heavy atom. The van der Waals surface area contributed by atoms with Crippen molar-refractivity contribution in [3.05, 3.63) is 23.3 Å². The summed E-state index contributed by atoms with van der Waals surface area (Å²) < 4.78 is 51.2. The van der Waals surface area contributed by atoms with Crippen LogP contribution in [-0.2, 0) is 15.5 Å². The van der Waals surface area contributed by atoms with Gasteiger partial charge in [-0.05, 0) is 18.1 Å². The first kappa shape index (κ1) is 14.7. The maximum absolute atomic E-state index is 12.3. The van der Waals surface area contributed by atoms with Crippen LogP contribution in [0.4, 0.5) is 8.78 Å². The predicted octanol–water partition coefficient (Wildman–Crippen LogP) is 2.65. The molecule has 98 valence electrons. The second-order valence-corrected chi connectivity index (χ2v) is 5.74. The van der Waals surface area contributed by atoms with Gasteiger partial charge in [-0.25, -0.2) is 8.42 Å². The SMILES string of the molecule is CCc1ccc(S(=O)(=O)Cl)c(C#N)c1OC(F)F. The van der Waals surface area contributed by atoms with Crippen molar-refractivity contribution in [1.29, 1.82) is 5.26 Å². The monoisotopic (exact) mass is 295 g/mol. The molecule has 0 bridgehead atoms. The maximum Gasteiger partial charge on any atom is 0.387 e. The van der Waals surface area contributed by atoms with Crippen molar-refractivity contribution in [3.63, 3.8) is 0 Å². The Labute approximate surface area is 107 Å². The van der Waals surface area contributed by atoms with Crippen molar-refractivity contribution in [1.82, 2.24) is 0 Å². The van der Waals surface area contributed by atoms with Gasteiger partial charge in [0.15, 0.2) is 0 Å². The molecule has 1 aromatic rings. The lowest BCUT2D eigenvalue weighted by Gasteiger charge is -2.12. The number of benzene rings is 1. The van der Waals surface area contributed by atoms with Gasteiger partial charge in [0.1, 0.15) is 22.3 Å². The second kappa shape index (κ2) is 5.50. The van der Waals surface area contributed by atoms with Crippen LogP contribution < -0.4 is 4.74 Å². The number of hydrogen-bond acceptors (Lipinski definition) is 4. The quantitative estimate of drug-likeness (QED) is 0.801. The van der Waals surface area contributed by atoms with Crippen LogP contribution in [0.2, 0.25) is 0 Å². The maximum atomic E-state index is 12.3. The lowest BCUT2D eigenvalue weighted by molar-refractivity contribution is -0.0507. The van der Waals surface area contributed by atoms with Crippen molar-refractivity contribution >= 4 is 19.7 Å². The minimum absolute atomic E-state index is 0.302. The molecule has 1 aromatic carbocycles. The van der Waals surface area contributed by atoms with Gasteiger partial charge in [0, 0.05) is 10.7 Å². The topological polar surface area (TPSA) is 67.2 Å². The van der Waals surface area contributed by atoms with Crippen molar-refractivity contribution < 1.29 is 21.9 Å². The molecule has 0 saturated heterocycles. The highest BCUT2D eigenvalue weighted by Crippen LogP contribution is 2.32. The fourth-order valence-electron chi connectivity index (χ4n) is 1.42. The van der Waals surface area contributed by atoms with E-state index in [1.807, 2.05) is 0 Å². The van der Waals surface area contributed by atoms with E-state index in [0.717, 1.165) is 6.07 Å². The van der Waals surface area contributed by atoms with E-state index in [4.69, 9.17) is 15.9 Å². The van der Waals surface area contributed by atoms with Crippen LogP contribution >= 0.6 is 10.7 Å². The summed E-state index contributed by atoms with van der Waals surface area (Å²) in [5.74, 6) is -0.447. The number of halogens is 3. The molecule has 0 aliphatic heterocycles. The number of nitrogens with zero attached hydrogens (tertiary/aromatic N) is 1. The van der Waals surface area contributed by atoms with Crippen molar-refractivity contribution in [2.24, 2.45) is 0 Å². The summed E-state index contributed by atoms with van der Waals surface area (Å²) in [6, 6.07) is 3.91. The molecular formula is C10H8ClF2NO3S. The Kier molecular flexibility index (Phi) is 4.48. The smallest absolute Gasteiger partial charge is 0.387 e. The third-order valence-electron chi connectivity index (χ3n) is 2.16. The Bertz CT molecular complexity index is 596. The number of ether oxygens (including phenoxy) is 1. The summed E-state index contributed by atoms with van der Waals surface area (Å²) >= 11 is 0. The van der Waals surface area contributed by atoms with Gasteiger partial charge in [0.05, 0.1) is 0 Å². The molecule has 0 aromatic heterocycles. The van der Waals surface area contributed by atoms with E-state index in [1.165, 1.54) is 12.1 Å². The van der Waals surface area contributed by atoms with Crippen LogP contribution in [0.5, 0.6) is 5.75 Å². The normalized spacial score (nSPS) is 11.3. The van der Waals surface area contributed by atoms with E-state index in [1.54, 1.807) is 6.92 Å². The molecule has 0 amide bonds. The molecule has 0 fully saturated rings. The number of alkyl halides is 2. The van der Waals surface area contributed by atoms with Crippen LogP contribution in [0.15, 0.2) is 17.0 Å². The highest BCUT2D eigenvalue weighted by Gasteiger charge is 2.23. The molecule has 0 atom stereocenters. The zero-order valence-electron chi connectivity index (χ0n) is 9.15. The Morgan fingerprint density at radius 3 is 2.50 bits per heavy atom. The molecule has 0 aliphatic rings. The Morgan fingerprint density at radius 2 is 2.11 bits per heavy atom. The van der Waals surface area contributed by atoms with E-state index >= 15 is 0 Å². The van der Waals surface area contributed by atoms with Gasteiger partial charge in [0.25, 0.3) is 9.05 Å². The van der Waals surface area contributed by atoms with Crippen LogP contribution in [0.1, 0.15) is 18.1 Å². The molecule has 0 aliphatic carbocycles. The average molecular weight is 296 g/mol. The molecule has 0 heterocycles. The fourth-order valence-corrected chi connectivity index (χ4v) is 2.42. The van der Waals surface area contributed by atoms with Crippen molar-refractivity contribution in [3.8, 4) is 11.8 Å². The first-order valence-corrected chi connectivity index (χ1v) is 7.07. The molecule has 0 radical (unpaired) electrons. The molecular weight excluding hydrogens is 288 g/mol. The zero-order valence-corrected chi connectivity index (χ0v) is 10.7. The number of nitriles is 1. The second-order valence-electron chi connectivity index (χ2n) is 3.21. The summed E-state index contributed by atoms with van der Waals surface area (Å²) in [6.07, 6.45) is 0.305. The van der Waals surface area contributed by atoms with Crippen molar-refractivity contribution in [2.75, 3.05) is 0 Å². The van der Waals surface area contributed by atoms with Crippen LogP contribution in [0, 0.1) is 11.3 Å². The van der Waals surface area contributed by atoms with Gasteiger partial charge in [-0.3, -0.25) is 0 Å². The van der Waals surface area contributed by atoms with Crippen LogP contribution in [0.25, 0.3) is 0 Å². The largest absolute Gasteiger partial charge is 0.433 e. The summed E-state index contributed by atoms with van der Waals surface area (Å²) in [5, 5.41) is 8.90.